The summed E-state index contributed by atoms with van der Waals surface area (Å²) < 4.78 is 0. The van der Waals surface area contributed by atoms with Crippen molar-refractivity contribution in [2.75, 3.05) is 6.54 Å². The molecule has 1 amide bonds. The van der Waals surface area contributed by atoms with E-state index in [2.05, 4.69) is 19.1 Å². The molecule has 1 unspecified atom stereocenters. The summed E-state index contributed by atoms with van der Waals surface area (Å²) in [7, 11) is 0. The van der Waals surface area contributed by atoms with Crippen LogP contribution in [0.2, 0.25) is 0 Å². The molecule has 0 aromatic carbocycles. The molecular weight excluding hydrogens is 286 g/mol. The van der Waals surface area contributed by atoms with Crippen LogP contribution in [0.5, 0.6) is 0 Å². The molecular formula is C16H23NO3S. The number of thiophene rings is 1. The van der Waals surface area contributed by atoms with Crippen molar-refractivity contribution in [3.63, 3.8) is 0 Å². The first-order valence-electron chi connectivity index (χ1n) is 7.55. The minimum atomic E-state index is -0.831. The van der Waals surface area contributed by atoms with Gasteiger partial charge in [0.2, 0.25) is 5.91 Å². The number of hydrogen-bond acceptors (Lipinski definition) is 3. The molecule has 0 aliphatic heterocycles. The number of amides is 1. The van der Waals surface area contributed by atoms with Crippen molar-refractivity contribution in [3.05, 3.63) is 21.9 Å². The standard InChI is InChI=1S/C16H23NO3S/c1-11(16(19)20)10-17(13-7-8-13)15(18)5-3-4-14-9-6-12(2)21-14/h6,9,11,13H,3-5,7-8,10H2,1-2H3,(H,19,20). The lowest BCUT2D eigenvalue weighted by atomic mass is 10.1. The third-order valence-electron chi connectivity index (χ3n) is 3.81. The van der Waals surface area contributed by atoms with Crippen LogP contribution in [0.4, 0.5) is 0 Å². The lowest BCUT2D eigenvalue weighted by Crippen LogP contribution is -2.38. The lowest BCUT2D eigenvalue weighted by molar-refractivity contribution is -0.143. The van der Waals surface area contributed by atoms with Crippen LogP contribution in [0.1, 0.15) is 42.4 Å². The first-order chi connectivity index (χ1) is 9.97. The molecule has 1 fully saturated rings. The van der Waals surface area contributed by atoms with E-state index >= 15 is 0 Å². The Morgan fingerprint density at radius 2 is 2.14 bits per heavy atom. The molecule has 1 heterocycles. The van der Waals surface area contributed by atoms with Crippen LogP contribution in [0, 0.1) is 12.8 Å². The second kappa shape index (κ2) is 7.07. The van der Waals surface area contributed by atoms with Crippen LogP contribution in [0.15, 0.2) is 12.1 Å². The second-order valence-corrected chi connectivity index (χ2v) is 7.25. The van der Waals surface area contributed by atoms with Gasteiger partial charge in [-0.15, -0.1) is 11.3 Å². The van der Waals surface area contributed by atoms with E-state index in [1.165, 1.54) is 9.75 Å². The summed E-state index contributed by atoms with van der Waals surface area (Å²) in [5.74, 6) is -1.21. The number of aliphatic carboxylic acids is 1. The topological polar surface area (TPSA) is 57.6 Å². The maximum absolute atomic E-state index is 12.3. The minimum Gasteiger partial charge on any atom is -0.481 e. The Morgan fingerprint density at radius 1 is 1.43 bits per heavy atom. The van der Waals surface area contributed by atoms with E-state index in [0.29, 0.717) is 13.0 Å². The zero-order valence-corrected chi connectivity index (χ0v) is 13.5. The molecule has 1 aliphatic carbocycles. The number of carboxylic acid groups (broad SMARTS) is 1. The molecule has 0 bridgehead atoms. The summed E-state index contributed by atoms with van der Waals surface area (Å²) >= 11 is 1.78. The molecule has 1 aromatic heterocycles. The molecule has 0 radical (unpaired) electrons. The van der Waals surface area contributed by atoms with E-state index in [9.17, 15) is 9.59 Å². The highest BCUT2D eigenvalue weighted by Crippen LogP contribution is 2.28. The summed E-state index contributed by atoms with van der Waals surface area (Å²) in [5.41, 5.74) is 0. The minimum absolute atomic E-state index is 0.110. The van der Waals surface area contributed by atoms with Gasteiger partial charge in [-0.05, 0) is 44.7 Å². The Balaban J connectivity index is 1.80. The second-order valence-electron chi connectivity index (χ2n) is 5.88. The lowest BCUT2D eigenvalue weighted by Gasteiger charge is -2.24. The number of carbonyl (C=O) groups excluding carboxylic acids is 1. The average molecular weight is 309 g/mol. The molecule has 1 N–H and O–H groups in total. The van der Waals surface area contributed by atoms with Crippen molar-refractivity contribution in [1.82, 2.24) is 4.90 Å². The van der Waals surface area contributed by atoms with Gasteiger partial charge >= 0.3 is 5.97 Å². The van der Waals surface area contributed by atoms with Gasteiger partial charge in [-0.1, -0.05) is 6.92 Å². The predicted molar refractivity (Wildman–Crippen MR) is 83.5 cm³/mol. The van der Waals surface area contributed by atoms with Crippen LogP contribution >= 0.6 is 11.3 Å². The van der Waals surface area contributed by atoms with Gasteiger partial charge in [-0.3, -0.25) is 9.59 Å². The maximum atomic E-state index is 12.3. The highest BCUT2D eigenvalue weighted by Gasteiger charge is 2.33. The van der Waals surface area contributed by atoms with Gasteiger partial charge in [0.25, 0.3) is 0 Å². The van der Waals surface area contributed by atoms with Gasteiger partial charge in [0.1, 0.15) is 0 Å². The monoisotopic (exact) mass is 309 g/mol. The van der Waals surface area contributed by atoms with Crippen LogP contribution in [-0.4, -0.2) is 34.5 Å². The van der Waals surface area contributed by atoms with Gasteiger partial charge in [-0.25, -0.2) is 0 Å². The van der Waals surface area contributed by atoms with E-state index < -0.39 is 11.9 Å². The number of rotatable bonds is 8. The molecule has 1 atom stereocenters. The fraction of sp³-hybridized carbons (Fsp3) is 0.625. The fourth-order valence-corrected chi connectivity index (χ4v) is 3.32. The Bertz CT molecular complexity index is 507. The quantitative estimate of drug-likeness (QED) is 0.803. The molecule has 5 heteroatoms. The normalized spacial score (nSPS) is 15.7. The molecule has 1 aliphatic rings. The molecule has 4 nitrogen and oxygen atoms in total. The number of carboxylic acids is 1. The van der Waals surface area contributed by atoms with Crippen molar-refractivity contribution in [2.24, 2.45) is 5.92 Å². The first-order valence-corrected chi connectivity index (χ1v) is 8.36. The van der Waals surface area contributed by atoms with E-state index in [0.717, 1.165) is 25.7 Å². The number of nitrogens with zero attached hydrogens (tertiary/aromatic N) is 1. The number of aryl methyl sites for hydroxylation is 2. The first kappa shape index (κ1) is 16.0. The molecule has 1 aromatic rings. The molecule has 0 spiro atoms. The van der Waals surface area contributed by atoms with Crippen molar-refractivity contribution in [3.8, 4) is 0 Å². The third kappa shape index (κ3) is 4.84. The number of hydrogen-bond donors (Lipinski definition) is 1. The van der Waals surface area contributed by atoms with E-state index in [-0.39, 0.29) is 11.9 Å². The summed E-state index contributed by atoms with van der Waals surface area (Å²) in [4.78, 5) is 27.7. The van der Waals surface area contributed by atoms with Crippen LogP contribution in [0.25, 0.3) is 0 Å². The Labute approximate surface area is 129 Å². The van der Waals surface area contributed by atoms with Crippen molar-refractivity contribution in [1.29, 1.82) is 0 Å². The van der Waals surface area contributed by atoms with Crippen LogP contribution < -0.4 is 0 Å². The zero-order chi connectivity index (χ0) is 15.4. The molecule has 2 rings (SSSR count). The van der Waals surface area contributed by atoms with Gasteiger partial charge in [0.15, 0.2) is 0 Å². The van der Waals surface area contributed by atoms with Crippen LogP contribution in [0.3, 0.4) is 0 Å². The van der Waals surface area contributed by atoms with E-state index in [1.54, 1.807) is 23.2 Å². The van der Waals surface area contributed by atoms with Crippen molar-refractivity contribution < 1.29 is 14.7 Å². The smallest absolute Gasteiger partial charge is 0.308 e. The van der Waals surface area contributed by atoms with Gasteiger partial charge in [-0.2, -0.15) is 0 Å². The Hall–Kier alpha value is -1.36. The fourth-order valence-electron chi connectivity index (χ4n) is 2.39. The van der Waals surface area contributed by atoms with E-state index in [1.807, 2.05) is 0 Å². The molecule has 1 saturated carbocycles. The van der Waals surface area contributed by atoms with Crippen LogP contribution in [-0.2, 0) is 16.0 Å². The zero-order valence-electron chi connectivity index (χ0n) is 12.7. The average Bonchev–Trinajstić information content (AvgIpc) is 3.18. The third-order valence-corrected chi connectivity index (χ3v) is 4.87. The highest BCUT2D eigenvalue weighted by atomic mass is 32.1. The molecule has 0 saturated heterocycles. The predicted octanol–water partition coefficient (Wildman–Crippen LogP) is 3.09. The maximum Gasteiger partial charge on any atom is 0.308 e. The van der Waals surface area contributed by atoms with Gasteiger partial charge in [0.05, 0.1) is 5.92 Å². The summed E-state index contributed by atoms with van der Waals surface area (Å²) in [6.07, 6.45) is 4.31. The van der Waals surface area contributed by atoms with E-state index in [4.69, 9.17) is 5.11 Å². The largest absolute Gasteiger partial charge is 0.481 e. The molecule has 116 valence electrons. The molecule has 21 heavy (non-hydrogen) atoms. The SMILES string of the molecule is Cc1ccc(CCCC(=O)N(CC(C)C(=O)O)C2CC2)s1. The summed E-state index contributed by atoms with van der Waals surface area (Å²) in [6, 6.07) is 4.51. The Morgan fingerprint density at radius 3 is 2.67 bits per heavy atom. The summed E-state index contributed by atoms with van der Waals surface area (Å²) in [6.45, 7) is 4.10. The van der Waals surface area contributed by atoms with Crippen molar-refractivity contribution in [2.45, 2.75) is 52.0 Å². The van der Waals surface area contributed by atoms with Gasteiger partial charge in [0, 0.05) is 28.8 Å². The summed E-state index contributed by atoms with van der Waals surface area (Å²) in [5, 5.41) is 9.01. The van der Waals surface area contributed by atoms with Crippen molar-refractivity contribution >= 4 is 23.2 Å². The number of carbonyl (C=O) groups is 2. The van der Waals surface area contributed by atoms with Gasteiger partial charge < -0.3 is 10.0 Å². The Kier molecular flexibility index (Phi) is 5.39. The highest BCUT2D eigenvalue weighted by molar-refractivity contribution is 7.11.